The average molecular weight is 269 g/mol. The molecule has 0 spiro atoms. The third kappa shape index (κ3) is 2.91. The third-order valence-corrected chi connectivity index (χ3v) is 4.57. The molecule has 1 aromatic rings. The van der Waals surface area contributed by atoms with Crippen molar-refractivity contribution in [2.45, 2.75) is 44.4 Å². The van der Waals surface area contributed by atoms with Crippen molar-refractivity contribution in [3.05, 3.63) is 21.9 Å². The van der Waals surface area contributed by atoms with Crippen molar-refractivity contribution in [1.82, 2.24) is 4.90 Å². The summed E-state index contributed by atoms with van der Waals surface area (Å²) < 4.78 is 0. The zero-order valence-electron chi connectivity index (χ0n) is 10.5. The molecule has 1 fully saturated rings. The van der Waals surface area contributed by atoms with Crippen LogP contribution in [0, 0.1) is 0 Å². The van der Waals surface area contributed by atoms with E-state index in [1.54, 1.807) is 0 Å². The van der Waals surface area contributed by atoms with Gasteiger partial charge in [-0.3, -0.25) is 4.90 Å². The maximum Gasteiger partial charge on any atom is 0.346 e. The lowest BCUT2D eigenvalue weighted by Gasteiger charge is -2.35. The van der Waals surface area contributed by atoms with Gasteiger partial charge in [-0.2, -0.15) is 0 Å². The van der Waals surface area contributed by atoms with Gasteiger partial charge in [0.2, 0.25) is 0 Å². The molecule has 0 aliphatic heterocycles. The Morgan fingerprint density at radius 1 is 1.50 bits per heavy atom. The molecule has 1 aliphatic carbocycles. The smallest absolute Gasteiger partial charge is 0.346 e. The van der Waals surface area contributed by atoms with Crippen LogP contribution >= 0.6 is 11.3 Å². The topological polar surface area (TPSA) is 60.8 Å². The summed E-state index contributed by atoms with van der Waals surface area (Å²) in [5.41, 5.74) is 0.841. The van der Waals surface area contributed by atoms with Crippen LogP contribution in [-0.2, 0) is 6.54 Å². The zero-order valence-corrected chi connectivity index (χ0v) is 11.3. The van der Waals surface area contributed by atoms with E-state index < -0.39 is 5.97 Å². The van der Waals surface area contributed by atoms with Gasteiger partial charge in [0.15, 0.2) is 0 Å². The van der Waals surface area contributed by atoms with Crippen LogP contribution in [0.3, 0.4) is 0 Å². The molecule has 5 heteroatoms. The van der Waals surface area contributed by atoms with E-state index in [0.29, 0.717) is 11.4 Å². The van der Waals surface area contributed by atoms with E-state index >= 15 is 0 Å². The highest BCUT2D eigenvalue weighted by Crippen LogP contribution is 2.25. The second kappa shape index (κ2) is 5.82. The first kappa shape index (κ1) is 13.5. The van der Waals surface area contributed by atoms with Gasteiger partial charge in [0.05, 0.1) is 6.10 Å². The summed E-state index contributed by atoms with van der Waals surface area (Å²) in [5.74, 6) is -0.863. The molecule has 4 nitrogen and oxygen atoms in total. The summed E-state index contributed by atoms with van der Waals surface area (Å²) in [6, 6.07) is 2.01. The normalized spacial score (nSPS) is 24.4. The van der Waals surface area contributed by atoms with Crippen molar-refractivity contribution >= 4 is 17.3 Å². The van der Waals surface area contributed by atoms with Crippen LogP contribution in [0.5, 0.6) is 0 Å². The number of nitrogens with zero attached hydrogens (tertiary/aromatic N) is 1. The van der Waals surface area contributed by atoms with E-state index in [-0.39, 0.29) is 12.1 Å². The fourth-order valence-electron chi connectivity index (χ4n) is 2.64. The molecule has 1 aromatic heterocycles. The van der Waals surface area contributed by atoms with Gasteiger partial charge in [0.25, 0.3) is 0 Å². The number of carbonyl (C=O) groups is 1. The standard InChI is InChI=1S/C13H19NO3S/c1-14(10-4-2-3-5-11(10)15)8-9-6-7-18-12(9)13(16)17/h6-7,10-11,15H,2-5,8H2,1H3,(H,16,17). The Bertz CT molecular complexity index is 418. The van der Waals surface area contributed by atoms with Crippen molar-refractivity contribution in [2.24, 2.45) is 0 Å². The number of likely N-dealkylation sites (N-methyl/N-ethyl adjacent to an activating group) is 1. The third-order valence-electron chi connectivity index (χ3n) is 3.62. The Labute approximate surface area is 111 Å². The minimum Gasteiger partial charge on any atom is -0.477 e. The lowest BCUT2D eigenvalue weighted by atomic mass is 9.91. The van der Waals surface area contributed by atoms with Gasteiger partial charge in [0.1, 0.15) is 4.88 Å². The number of aliphatic hydroxyl groups excluding tert-OH is 1. The monoisotopic (exact) mass is 269 g/mol. The van der Waals surface area contributed by atoms with Crippen molar-refractivity contribution in [1.29, 1.82) is 0 Å². The van der Waals surface area contributed by atoms with E-state index in [2.05, 4.69) is 4.90 Å². The summed E-state index contributed by atoms with van der Waals surface area (Å²) in [7, 11) is 1.96. The fraction of sp³-hybridized carbons (Fsp3) is 0.615. The van der Waals surface area contributed by atoms with Gasteiger partial charge in [0, 0.05) is 12.6 Å². The Balaban J connectivity index is 2.03. The van der Waals surface area contributed by atoms with E-state index in [4.69, 9.17) is 5.11 Å². The number of hydrogen-bond acceptors (Lipinski definition) is 4. The van der Waals surface area contributed by atoms with Crippen LogP contribution in [0.15, 0.2) is 11.4 Å². The van der Waals surface area contributed by atoms with E-state index in [1.165, 1.54) is 11.3 Å². The minimum absolute atomic E-state index is 0.153. The molecule has 100 valence electrons. The molecule has 2 unspecified atom stereocenters. The first-order valence-electron chi connectivity index (χ1n) is 6.27. The summed E-state index contributed by atoms with van der Waals surface area (Å²) in [6.45, 7) is 0.590. The second-order valence-electron chi connectivity index (χ2n) is 4.91. The highest BCUT2D eigenvalue weighted by atomic mass is 32.1. The first-order valence-corrected chi connectivity index (χ1v) is 7.15. The number of rotatable bonds is 4. The highest BCUT2D eigenvalue weighted by Gasteiger charge is 2.27. The Morgan fingerprint density at radius 3 is 2.89 bits per heavy atom. The van der Waals surface area contributed by atoms with Crippen LogP contribution in [0.1, 0.15) is 40.9 Å². The summed E-state index contributed by atoms with van der Waals surface area (Å²) in [5, 5.41) is 20.9. The maximum absolute atomic E-state index is 11.0. The number of carboxylic acid groups (broad SMARTS) is 1. The van der Waals surface area contributed by atoms with Crippen LogP contribution in [0.25, 0.3) is 0 Å². The molecule has 1 saturated carbocycles. The lowest BCUT2D eigenvalue weighted by Crippen LogP contribution is -2.42. The van der Waals surface area contributed by atoms with Crippen LogP contribution in [0.2, 0.25) is 0 Å². The van der Waals surface area contributed by atoms with Gasteiger partial charge in [-0.05, 0) is 36.9 Å². The molecule has 18 heavy (non-hydrogen) atoms. The Kier molecular flexibility index (Phi) is 4.37. The summed E-state index contributed by atoms with van der Waals surface area (Å²) in [6.07, 6.45) is 3.79. The van der Waals surface area contributed by atoms with Gasteiger partial charge in [-0.25, -0.2) is 4.79 Å². The molecule has 2 N–H and O–H groups in total. The van der Waals surface area contributed by atoms with Crippen molar-refractivity contribution in [2.75, 3.05) is 7.05 Å². The maximum atomic E-state index is 11.0. The molecule has 1 heterocycles. The zero-order chi connectivity index (χ0) is 13.1. The molecule has 0 saturated heterocycles. The number of aromatic carboxylic acids is 1. The molecule has 0 amide bonds. The summed E-state index contributed by atoms with van der Waals surface area (Å²) >= 11 is 1.26. The molecule has 2 atom stereocenters. The van der Waals surface area contributed by atoms with Crippen molar-refractivity contribution in [3.8, 4) is 0 Å². The highest BCUT2D eigenvalue weighted by molar-refractivity contribution is 7.12. The van der Waals surface area contributed by atoms with E-state index in [9.17, 15) is 9.90 Å². The van der Waals surface area contributed by atoms with E-state index in [1.807, 2.05) is 18.5 Å². The fourth-order valence-corrected chi connectivity index (χ4v) is 3.39. The molecular formula is C13H19NO3S. The largest absolute Gasteiger partial charge is 0.477 e. The van der Waals surface area contributed by atoms with Crippen molar-refractivity contribution < 1.29 is 15.0 Å². The van der Waals surface area contributed by atoms with Gasteiger partial charge < -0.3 is 10.2 Å². The predicted molar refractivity (Wildman–Crippen MR) is 71.0 cm³/mol. The second-order valence-corrected chi connectivity index (χ2v) is 5.83. The van der Waals surface area contributed by atoms with Gasteiger partial charge in [-0.1, -0.05) is 12.8 Å². The minimum atomic E-state index is -0.863. The Morgan fingerprint density at radius 2 is 2.22 bits per heavy atom. The predicted octanol–water partition coefficient (Wildman–Crippen LogP) is 2.18. The molecule has 1 aliphatic rings. The molecule has 2 rings (SSSR count). The molecular weight excluding hydrogens is 250 g/mol. The lowest BCUT2D eigenvalue weighted by molar-refractivity contribution is 0.0287. The number of aliphatic hydroxyl groups is 1. The number of hydrogen-bond donors (Lipinski definition) is 2. The number of carboxylic acids is 1. The molecule has 0 radical (unpaired) electrons. The molecule has 0 bridgehead atoms. The number of thiophene rings is 1. The Hall–Kier alpha value is -0.910. The van der Waals surface area contributed by atoms with Crippen molar-refractivity contribution in [3.63, 3.8) is 0 Å². The first-order chi connectivity index (χ1) is 8.59. The summed E-state index contributed by atoms with van der Waals surface area (Å²) in [4.78, 5) is 13.5. The SMILES string of the molecule is CN(Cc1ccsc1C(=O)O)C1CCCCC1O. The average Bonchev–Trinajstić information content (AvgIpc) is 2.77. The van der Waals surface area contributed by atoms with Crippen LogP contribution in [-0.4, -0.2) is 40.3 Å². The van der Waals surface area contributed by atoms with Gasteiger partial charge >= 0.3 is 5.97 Å². The van der Waals surface area contributed by atoms with Crippen LogP contribution < -0.4 is 0 Å². The van der Waals surface area contributed by atoms with Gasteiger partial charge in [-0.15, -0.1) is 11.3 Å². The molecule has 0 aromatic carbocycles. The quantitative estimate of drug-likeness (QED) is 0.879. The van der Waals surface area contributed by atoms with E-state index in [0.717, 1.165) is 31.2 Å². The van der Waals surface area contributed by atoms with Crippen LogP contribution in [0.4, 0.5) is 0 Å².